The Hall–Kier alpha value is -4.53. The number of esters is 2. The molecule has 2 atom stereocenters. The molecule has 0 fully saturated rings. The summed E-state index contributed by atoms with van der Waals surface area (Å²) in [5.41, 5.74) is 2.49. The molecule has 0 saturated heterocycles. The number of hydrogen-bond acceptors (Lipinski definition) is 7. The summed E-state index contributed by atoms with van der Waals surface area (Å²) in [4.78, 5) is 48.3. The van der Waals surface area contributed by atoms with Crippen molar-refractivity contribution in [1.82, 2.24) is 5.32 Å². The van der Waals surface area contributed by atoms with Crippen LogP contribution >= 0.6 is 0 Å². The average Bonchev–Trinajstić information content (AvgIpc) is 2.90. The second kappa shape index (κ2) is 11.6. The van der Waals surface area contributed by atoms with Crippen LogP contribution in [0.1, 0.15) is 28.3 Å². The lowest BCUT2D eigenvalue weighted by molar-refractivity contribution is -0.384. The molecule has 0 saturated carbocycles. The van der Waals surface area contributed by atoms with Crippen LogP contribution in [0.3, 0.4) is 0 Å². The summed E-state index contributed by atoms with van der Waals surface area (Å²) in [7, 11) is 2.37. The molecule has 0 radical (unpaired) electrons. The highest BCUT2D eigenvalue weighted by Gasteiger charge is 2.34. The number of non-ortho nitro benzene ring substituents is 1. The molecule has 3 aromatic carbocycles. The minimum absolute atomic E-state index is 0.150. The summed E-state index contributed by atoms with van der Waals surface area (Å²) in [5.74, 6) is -2.82. The van der Waals surface area contributed by atoms with Gasteiger partial charge in [0.25, 0.3) is 11.6 Å². The van der Waals surface area contributed by atoms with Crippen LogP contribution in [0, 0.1) is 10.1 Å². The monoisotopic (exact) mass is 476 g/mol. The third-order valence-corrected chi connectivity index (χ3v) is 5.54. The molecule has 0 aliphatic heterocycles. The van der Waals surface area contributed by atoms with E-state index >= 15 is 0 Å². The Morgan fingerprint density at radius 3 is 2.00 bits per heavy atom. The minimum atomic E-state index is -1.25. The molecule has 0 spiro atoms. The first-order chi connectivity index (χ1) is 16.8. The van der Waals surface area contributed by atoms with Crippen LogP contribution in [0.15, 0.2) is 78.9 Å². The number of carbonyl (C=O) groups excluding carboxylic acids is 3. The molecular weight excluding hydrogens is 452 g/mol. The number of carbonyl (C=O) groups is 3. The number of nitrogens with one attached hydrogen (secondary N) is 1. The molecule has 0 unspecified atom stereocenters. The fourth-order valence-corrected chi connectivity index (χ4v) is 3.65. The second-order valence-corrected chi connectivity index (χ2v) is 7.65. The predicted molar refractivity (Wildman–Crippen MR) is 128 cm³/mol. The Kier molecular flexibility index (Phi) is 8.29. The van der Waals surface area contributed by atoms with E-state index in [1.165, 1.54) is 38.5 Å². The number of ether oxygens (including phenoxy) is 2. The SMILES string of the molecule is COC(=O)C[C@@H](c1ccc([N+](=O)[O-])cc1)[C@H](NC(=O)c1ccc(-c2ccccc2)cc1)C(=O)OC. The normalized spacial score (nSPS) is 12.2. The van der Waals surface area contributed by atoms with Gasteiger partial charge in [-0.25, -0.2) is 4.79 Å². The van der Waals surface area contributed by atoms with Gasteiger partial charge in [0, 0.05) is 23.6 Å². The number of rotatable bonds is 9. The van der Waals surface area contributed by atoms with E-state index in [1.54, 1.807) is 24.3 Å². The molecule has 1 amide bonds. The smallest absolute Gasteiger partial charge is 0.329 e. The van der Waals surface area contributed by atoms with Crippen molar-refractivity contribution in [3.8, 4) is 11.1 Å². The van der Waals surface area contributed by atoms with Gasteiger partial charge in [-0.15, -0.1) is 0 Å². The molecule has 0 aliphatic rings. The van der Waals surface area contributed by atoms with Crippen molar-refractivity contribution in [1.29, 1.82) is 0 Å². The molecule has 0 aromatic heterocycles. The highest BCUT2D eigenvalue weighted by molar-refractivity contribution is 5.97. The lowest BCUT2D eigenvalue weighted by atomic mass is 9.88. The molecule has 0 heterocycles. The molecule has 9 nitrogen and oxygen atoms in total. The second-order valence-electron chi connectivity index (χ2n) is 7.65. The first kappa shape index (κ1) is 25.1. The van der Waals surface area contributed by atoms with E-state index < -0.39 is 34.7 Å². The number of amides is 1. The Morgan fingerprint density at radius 2 is 1.46 bits per heavy atom. The van der Waals surface area contributed by atoms with Crippen LogP contribution in [0.5, 0.6) is 0 Å². The van der Waals surface area contributed by atoms with Crippen LogP contribution < -0.4 is 5.32 Å². The Bertz CT molecular complexity index is 1190. The Morgan fingerprint density at radius 1 is 0.857 bits per heavy atom. The molecule has 3 aromatic rings. The van der Waals surface area contributed by atoms with Gasteiger partial charge < -0.3 is 14.8 Å². The van der Waals surface area contributed by atoms with Crippen molar-refractivity contribution in [3.05, 3.63) is 100 Å². The molecular formula is C26H24N2O7. The van der Waals surface area contributed by atoms with Crippen LogP contribution in [-0.4, -0.2) is 43.0 Å². The maximum atomic E-state index is 13.0. The fourth-order valence-electron chi connectivity index (χ4n) is 3.65. The zero-order valence-electron chi connectivity index (χ0n) is 19.2. The van der Waals surface area contributed by atoms with Gasteiger partial charge in [0.15, 0.2) is 0 Å². The quantitative estimate of drug-likeness (QED) is 0.282. The number of methoxy groups -OCH3 is 2. The minimum Gasteiger partial charge on any atom is -0.469 e. The van der Waals surface area contributed by atoms with Gasteiger partial charge >= 0.3 is 11.9 Å². The van der Waals surface area contributed by atoms with Crippen molar-refractivity contribution in [2.75, 3.05) is 14.2 Å². The topological polar surface area (TPSA) is 125 Å². The zero-order chi connectivity index (χ0) is 25.4. The van der Waals surface area contributed by atoms with Crippen LogP contribution in [-0.2, 0) is 19.1 Å². The summed E-state index contributed by atoms with van der Waals surface area (Å²) in [6.45, 7) is 0. The number of nitro benzene ring substituents is 1. The zero-order valence-corrected chi connectivity index (χ0v) is 19.2. The van der Waals surface area contributed by atoms with Crippen LogP contribution in [0.4, 0.5) is 5.69 Å². The molecule has 0 aliphatic carbocycles. The highest BCUT2D eigenvalue weighted by atomic mass is 16.6. The van der Waals surface area contributed by atoms with Crippen molar-refractivity contribution < 1.29 is 28.8 Å². The fraction of sp³-hybridized carbons (Fsp3) is 0.192. The van der Waals surface area contributed by atoms with Crippen molar-refractivity contribution in [2.24, 2.45) is 0 Å². The predicted octanol–water partition coefficient (Wildman–Crippen LogP) is 3.88. The van der Waals surface area contributed by atoms with E-state index in [4.69, 9.17) is 9.47 Å². The first-order valence-corrected chi connectivity index (χ1v) is 10.7. The van der Waals surface area contributed by atoms with Crippen molar-refractivity contribution >= 4 is 23.5 Å². The molecule has 35 heavy (non-hydrogen) atoms. The van der Waals surface area contributed by atoms with E-state index in [0.29, 0.717) is 11.1 Å². The third-order valence-electron chi connectivity index (χ3n) is 5.54. The Labute approximate surface area is 201 Å². The molecule has 0 bridgehead atoms. The number of hydrogen-bond donors (Lipinski definition) is 1. The first-order valence-electron chi connectivity index (χ1n) is 10.7. The Balaban J connectivity index is 1.89. The molecule has 9 heteroatoms. The lowest BCUT2D eigenvalue weighted by Gasteiger charge is -2.26. The van der Waals surface area contributed by atoms with Gasteiger partial charge in [-0.05, 0) is 28.8 Å². The van der Waals surface area contributed by atoms with Crippen LogP contribution in [0.25, 0.3) is 11.1 Å². The summed E-state index contributed by atoms with van der Waals surface area (Å²) in [6.07, 6.45) is -0.263. The van der Waals surface area contributed by atoms with Gasteiger partial charge in [0.1, 0.15) is 6.04 Å². The van der Waals surface area contributed by atoms with Gasteiger partial charge in [-0.3, -0.25) is 19.7 Å². The van der Waals surface area contributed by atoms with Crippen LogP contribution in [0.2, 0.25) is 0 Å². The van der Waals surface area contributed by atoms with E-state index in [2.05, 4.69) is 5.32 Å². The molecule has 1 N–H and O–H groups in total. The summed E-state index contributed by atoms with van der Waals surface area (Å²) < 4.78 is 9.65. The van der Waals surface area contributed by atoms with E-state index in [0.717, 1.165) is 11.1 Å². The van der Waals surface area contributed by atoms with Crippen molar-refractivity contribution in [3.63, 3.8) is 0 Å². The van der Waals surface area contributed by atoms with E-state index in [9.17, 15) is 24.5 Å². The van der Waals surface area contributed by atoms with Gasteiger partial charge in [-0.1, -0.05) is 54.6 Å². The average molecular weight is 476 g/mol. The van der Waals surface area contributed by atoms with E-state index in [-0.39, 0.29) is 12.1 Å². The van der Waals surface area contributed by atoms with Gasteiger partial charge in [-0.2, -0.15) is 0 Å². The maximum absolute atomic E-state index is 13.0. The maximum Gasteiger partial charge on any atom is 0.329 e. The lowest BCUT2D eigenvalue weighted by Crippen LogP contribution is -2.46. The molecule has 3 rings (SSSR count). The number of nitro groups is 1. The highest BCUT2D eigenvalue weighted by Crippen LogP contribution is 2.28. The largest absolute Gasteiger partial charge is 0.469 e. The third kappa shape index (κ3) is 6.29. The van der Waals surface area contributed by atoms with Gasteiger partial charge in [0.2, 0.25) is 0 Å². The summed E-state index contributed by atoms with van der Waals surface area (Å²) in [6, 6.07) is 20.6. The van der Waals surface area contributed by atoms with E-state index in [1.807, 2.05) is 30.3 Å². The van der Waals surface area contributed by atoms with Gasteiger partial charge in [0.05, 0.1) is 25.6 Å². The van der Waals surface area contributed by atoms with Crippen molar-refractivity contribution in [2.45, 2.75) is 18.4 Å². The summed E-state index contributed by atoms with van der Waals surface area (Å²) >= 11 is 0. The number of benzene rings is 3. The number of nitrogens with zero attached hydrogens (tertiary/aromatic N) is 1. The standard InChI is InChI=1S/C26H24N2O7/c1-34-23(29)16-22(19-12-14-21(15-13-19)28(32)33)24(26(31)35-2)27-25(30)20-10-8-18(9-11-20)17-6-4-3-5-7-17/h3-15,22,24H,16H2,1-2H3,(H,27,30)/t22-,24-/m0/s1. The summed E-state index contributed by atoms with van der Waals surface area (Å²) in [5, 5.41) is 13.7. The molecule has 180 valence electrons.